The van der Waals surface area contributed by atoms with E-state index < -0.39 is 0 Å². The summed E-state index contributed by atoms with van der Waals surface area (Å²) in [5.41, 5.74) is 1.85. The predicted molar refractivity (Wildman–Crippen MR) is 77.9 cm³/mol. The van der Waals surface area contributed by atoms with Gasteiger partial charge in [0, 0.05) is 34.7 Å². The van der Waals surface area contributed by atoms with Gasteiger partial charge in [-0.2, -0.15) is 0 Å². The summed E-state index contributed by atoms with van der Waals surface area (Å²) >= 11 is 3.47. The zero-order valence-corrected chi connectivity index (χ0v) is 12.3. The van der Waals surface area contributed by atoms with E-state index in [0.717, 1.165) is 33.9 Å². The average Bonchev–Trinajstić information content (AvgIpc) is 2.73. The predicted octanol–water partition coefficient (Wildman–Crippen LogP) is 3.56. The molecule has 1 heterocycles. The maximum atomic E-state index is 12.1. The number of nitrogens with one attached hydrogen (secondary N) is 1. The van der Waals surface area contributed by atoms with Crippen molar-refractivity contribution < 1.29 is 4.79 Å². The first-order valence-electron chi connectivity index (χ1n) is 6.24. The van der Waals surface area contributed by atoms with Crippen molar-refractivity contribution >= 4 is 32.7 Å². The van der Waals surface area contributed by atoms with E-state index in [4.69, 9.17) is 0 Å². The van der Waals surface area contributed by atoms with E-state index in [0.29, 0.717) is 6.54 Å². The minimum Gasteiger partial charge on any atom is -0.352 e. The van der Waals surface area contributed by atoms with Gasteiger partial charge in [0.1, 0.15) is 0 Å². The fourth-order valence-corrected chi connectivity index (χ4v) is 2.39. The molecule has 1 amide bonds. The number of hydrogen-bond donors (Lipinski definition) is 1. The summed E-state index contributed by atoms with van der Waals surface area (Å²) in [7, 11) is 0. The van der Waals surface area contributed by atoms with E-state index in [1.54, 1.807) is 0 Å². The summed E-state index contributed by atoms with van der Waals surface area (Å²) in [6.45, 7) is 5.70. The molecule has 4 heteroatoms. The molecule has 0 saturated heterocycles. The molecule has 1 aromatic heterocycles. The second-order valence-corrected chi connectivity index (χ2v) is 5.16. The molecule has 3 nitrogen and oxygen atoms in total. The monoisotopic (exact) mass is 308 g/mol. The van der Waals surface area contributed by atoms with Crippen LogP contribution < -0.4 is 5.32 Å². The van der Waals surface area contributed by atoms with Crippen LogP contribution in [0.4, 0.5) is 0 Å². The first-order valence-corrected chi connectivity index (χ1v) is 7.03. The van der Waals surface area contributed by atoms with Crippen LogP contribution in [0.2, 0.25) is 0 Å². The Labute approximate surface area is 115 Å². The minimum atomic E-state index is 0.0105. The molecule has 0 spiro atoms. The lowest BCUT2D eigenvalue weighted by molar-refractivity contribution is 0.0955. The molecule has 0 aliphatic carbocycles. The number of aromatic nitrogens is 1. The van der Waals surface area contributed by atoms with Crippen LogP contribution in [0, 0.1) is 0 Å². The molecular formula is C14H17BrN2O. The molecular weight excluding hydrogens is 292 g/mol. The second kappa shape index (κ2) is 5.57. The van der Waals surface area contributed by atoms with E-state index >= 15 is 0 Å². The Kier molecular flexibility index (Phi) is 4.07. The number of hydrogen-bond acceptors (Lipinski definition) is 1. The van der Waals surface area contributed by atoms with Crippen LogP contribution in [0.3, 0.4) is 0 Å². The van der Waals surface area contributed by atoms with Gasteiger partial charge in [-0.05, 0) is 25.5 Å². The van der Waals surface area contributed by atoms with Gasteiger partial charge in [-0.15, -0.1) is 0 Å². The highest BCUT2D eigenvalue weighted by atomic mass is 79.9. The molecule has 0 bridgehead atoms. The SMILES string of the molecule is CCCNC(=O)c1cn(CC)c2cc(Br)ccc12. The van der Waals surface area contributed by atoms with Crippen molar-refractivity contribution in [3.05, 3.63) is 34.4 Å². The first-order chi connectivity index (χ1) is 8.67. The fraction of sp³-hybridized carbons (Fsp3) is 0.357. The summed E-state index contributed by atoms with van der Waals surface area (Å²) in [6, 6.07) is 6.01. The van der Waals surface area contributed by atoms with Crippen LogP contribution in [0.5, 0.6) is 0 Å². The van der Waals surface area contributed by atoms with Gasteiger partial charge >= 0.3 is 0 Å². The molecule has 0 radical (unpaired) electrons. The van der Waals surface area contributed by atoms with E-state index in [-0.39, 0.29) is 5.91 Å². The average molecular weight is 309 g/mol. The number of fused-ring (bicyclic) bond motifs is 1. The summed E-state index contributed by atoms with van der Waals surface area (Å²) in [5, 5.41) is 3.94. The summed E-state index contributed by atoms with van der Waals surface area (Å²) < 4.78 is 3.13. The Balaban J connectivity index is 2.48. The largest absolute Gasteiger partial charge is 0.352 e. The van der Waals surface area contributed by atoms with Gasteiger partial charge in [0.2, 0.25) is 0 Å². The van der Waals surface area contributed by atoms with Crippen molar-refractivity contribution in [3.63, 3.8) is 0 Å². The van der Waals surface area contributed by atoms with Crippen molar-refractivity contribution in [3.8, 4) is 0 Å². The van der Waals surface area contributed by atoms with Gasteiger partial charge < -0.3 is 9.88 Å². The van der Waals surface area contributed by atoms with E-state index in [1.165, 1.54) is 0 Å². The summed E-state index contributed by atoms with van der Waals surface area (Å²) in [4.78, 5) is 12.1. The van der Waals surface area contributed by atoms with Gasteiger partial charge in [-0.3, -0.25) is 4.79 Å². The molecule has 2 aromatic rings. The number of halogens is 1. The Bertz CT molecular complexity index is 574. The van der Waals surface area contributed by atoms with Crippen molar-refractivity contribution in [1.29, 1.82) is 0 Å². The van der Waals surface area contributed by atoms with Crippen molar-refractivity contribution in [2.45, 2.75) is 26.8 Å². The van der Waals surface area contributed by atoms with Crippen LogP contribution >= 0.6 is 15.9 Å². The van der Waals surface area contributed by atoms with Crippen molar-refractivity contribution in [2.24, 2.45) is 0 Å². The Morgan fingerprint density at radius 1 is 1.39 bits per heavy atom. The molecule has 0 fully saturated rings. The van der Waals surface area contributed by atoms with Gasteiger partial charge in [-0.1, -0.05) is 28.9 Å². The zero-order chi connectivity index (χ0) is 13.1. The zero-order valence-electron chi connectivity index (χ0n) is 10.7. The minimum absolute atomic E-state index is 0.0105. The first kappa shape index (κ1) is 13.1. The normalized spacial score (nSPS) is 10.8. The lowest BCUT2D eigenvalue weighted by Gasteiger charge is -2.01. The van der Waals surface area contributed by atoms with Gasteiger partial charge in [-0.25, -0.2) is 0 Å². The maximum Gasteiger partial charge on any atom is 0.253 e. The molecule has 96 valence electrons. The number of amides is 1. The third-order valence-corrected chi connectivity index (χ3v) is 3.46. The van der Waals surface area contributed by atoms with Crippen LogP contribution in [-0.4, -0.2) is 17.0 Å². The Morgan fingerprint density at radius 3 is 2.83 bits per heavy atom. The molecule has 1 N–H and O–H groups in total. The van der Waals surface area contributed by atoms with Crippen LogP contribution in [0.25, 0.3) is 10.9 Å². The van der Waals surface area contributed by atoms with Crippen molar-refractivity contribution in [1.82, 2.24) is 9.88 Å². The van der Waals surface area contributed by atoms with Crippen LogP contribution in [0.15, 0.2) is 28.9 Å². The number of rotatable bonds is 4. The fourth-order valence-electron chi connectivity index (χ4n) is 2.04. The number of carbonyl (C=O) groups is 1. The van der Waals surface area contributed by atoms with Crippen molar-refractivity contribution in [2.75, 3.05) is 6.54 Å². The maximum absolute atomic E-state index is 12.1. The molecule has 18 heavy (non-hydrogen) atoms. The Hall–Kier alpha value is -1.29. The smallest absolute Gasteiger partial charge is 0.253 e. The lowest BCUT2D eigenvalue weighted by atomic mass is 10.1. The van der Waals surface area contributed by atoms with Crippen LogP contribution in [-0.2, 0) is 6.54 Å². The summed E-state index contributed by atoms with van der Waals surface area (Å²) in [6.07, 6.45) is 2.88. The number of carbonyl (C=O) groups excluding carboxylic acids is 1. The second-order valence-electron chi connectivity index (χ2n) is 4.25. The highest BCUT2D eigenvalue weighted by molar-refractivity contribution is 9.10. The van der Waals surface area contributed by atoms with E-state index in [2.05, 4.69) is 38.8 Å². The quantitative estimate of drug-likeness (QED) is 0.920. The standard InChI is InChI=1S/C14H17BrN2O/c1-3-7-16-14(18)12-9-17(4-2)13-8-10(15)5-6-11(12)13/h5-6,8-9H,3-4,7H2,1-2H3,(H,16,18). The molecule has 0 saturated carbocycles. The van der Waals surface area contributed by atoms with Gasteiger partial charge in [0.05, 0.1) is 5.56 Å². The highest BCUT2D eigenvalue weighted by Gasteiger charge is 2.14. The highest BCUT2D eigenvalue weighted by Crippen LogP contribution is 2.25. The number of nitrogens with zero attached hydrogens (tertiary/aromatic N) is 1. The van der Waals surface area contributed by atoms with E-state index in [9.17, 15) is 4.79 Å². The third kappa shape index (κ3) is 2.43. The molecule has 2 rings (SSSR count). The van der Waals surface area contributed by atoms with Crippen LogP contribution in [0.1, 0.15) is 30.6 Å². The number of aryl methyl sites for hydroxylation is 1. The molecule has 0 aliphatic heterocycles. The molecule has 1 aromatic carbocycles. The number of benzene rings is 1. The van der Waals surface area contributed by atoms with Gasteiger partial charge in [0.15, 0.2) is 0 Å². The summed E-state index contributed by atoms with van der Waals surface area (Å²) in [5.74, 6) is 0.0105. The topological polar surface area (TPSA) is 34.0 Å². The van der Waals surface area contributed by atoms with E-state index in [1.807, 2.05) is 25.3 Å². The third-order valence-electron chi connectivity index (χ3n) is 2.97. The molecule has 0 atom stereocenters. The lowest BCUT2D eigenvalue weighted by Crippen LogP contribution is -2.23. The Morgan fingerprint density at radius 2 is 2.17 bits per heavy atom. The molecule has 0 unspecified atom stereocenters. The molecule has 0 aliphatic rings. The van der Waals surface area contributed by atoms with Gasteiger partial charge in [0.25, 0.3) is 5.91 Å².